The molecule has 0 bridgehead atoms. The summed E-state index contributed by atoms with van der Waals surface area (Å²) in [5, 5.41) is 7.57. The Morgan fingerprint density at radius 3 is 2.89 bits per heavy atom. The molecule has 0 spiro atoms. The second kappa shape index (κ2) is 5.02. The van der Waals surface area contributed by atoms with Crippen molar-refractivity contribution in [2.45, 2.75) is 32.4 Å². The molecular weight excluding hydrogens is 244 g/mol. The van der Waals surface area contributed by atoms with Crippen molar-refractivity contribution < 1.29 is 4.79 Å². The van der Waals surface area contributed by atoms with Gasteiger partial charge in [-0.15, -0.1) is 0 Å². The zero-order valence-corrected chi connectivity index (χ0v) is 11.6. The summed E-state index contributed by atoms with van der Waals surface area (Å²) in [6, 6.07) is 2.63. The molecule has 2 fully saturated rings. The molecule has 4 heteroatoms. The number of amides is 1. The highest BCUT2D eigenvalue weighted by Gasteiger charge is 2.39. The summed E-state index contributed by atoms with van der Waals surface area (Å²) >= 11 is 1.71. The van der Waals surface area contributed by atoms with Crippen LogP contribution in [0.1, 0.15) is 25.3 Å². The summed E-state index contributed by atoms with van der Waals surface area (Å²) in [5.74, 6) is 1.02. The summed E-state index contributed by atoms with van der Waals surface area (Å²) < 4.78 is 0. The molecule has 1 aromatic rings. The molecule has 2 heterocycles. The maximum atomic E-state index is 12.7. The van der Waals surface area contributed by atoms with E-state index in [1.165, 1.54) is 18.4 Å². The van der Waals surface area contributed by atoms with E-state index in [9.17, 15) is 4.79 Å². The largest absolute Gasteiger partial charge is 0.335 e. The van der Waals surface area contributed by atoms with Crippen molar-refractivity contribution in [3.8, 4) is 0 Å². The van der Waals surface area contributed by atoms with Crippen LogP contribution < -0.4 is 5.32 Å². The summed E-state index contributed by atoms with van der Waals surface area (Å²) in [7, 11) is 0. The fraction of sp³-hybridized carbons (Fsp3) is 0.643. The molecule has 1 saturated carbocycles. The summed E-state index contributed by atoms with van der Waals surface area (Å²) in [6.07, 6.45) is 2.37. The fourth-order valence-corrected chi connectivity index (χ4v) is 3.37. The quantitative estimate of drug-likeness (QED) is 0.903. The van der Waals surface area contributed by atoms with Gasteiger partial charge in [-0.1, -0.05) is 6.92 Å². The molecule has 1 N–H and O–H groups in total. The lowest BCUT2D eigenvalue weighted by molar-refractivity contribution is -0.137. The van der Waals surface area contributed by atoms with Gasteiger partial charge in [0.05, 0.1) is 5.92 Å². The topological polar surface area (TPSA) is 32.3 Å². The second-order valence-corrected chi connectivity index (χ2v) is 6.35. The number of carbonyl (C=O) groups excluding carboxylic acids is 1. The Bertz CT molecular complexity index is 413. The van der Waals surface area contributed by atoms with Gasteiger partial charge in [-0.3, -0.25) is 4.79 Å². The van der Waals surface area contributed by atoms with Gasteiger partial charge in [0, 0.05) is 19.1 Å². The van der Waals surface area contributed by atoms with Crippen LogP contribution in [0, 0.1) is 11.8 Å². The van der Waals surface area contributed by atoms with E-state index in [0.717, 1.165) is 19.6 Å². The predicted molar refractivity (Wildman–Crippen MR) is 73.4 cm³/mol. The monoisotopic (exact) mass is 264 g/mol. The normalized spacial score (nSPS) is 27.4. The van der Waals surface area contributed by atoms with Crippen LogP contribution in [0.2, 0.25) is 0 Å². The molecule has 2 atom stereocenters. The molecule has 1 amide bonds. The van der Waals surface area contributed by atoms with Gasteiger partial charge >= 0.3 is 0 Å². The Kier molecular flexibility index (Phi) is 3.39. The zero-order chi connectivity index (χ0) is 12.5. The van der Waals surface area contributed by atoms with E-state index in [2.05, 4.69) is 34.0 Å². The Balaban J connectivity index is 1.71. The minimum absolute atomic E-state index is 0.184. The van der Waals surface area contributed by atoms with E-state index in [0.29, 0.717) is 17.9 Å². The van der Waals surface area contributed by atoms with Crippen LogP contribution in [0.15, 0.2) is 16.8 Å². The molecule has 1 aliphatic heterocycles. The van der Waals surface area contributed by atoms with Gasteiger partial charge in [0.25, 0.3) is 0 Å². The molecule has 2 aliphatic rings. The highest BCUT2D eigenvalue weighted by Crippen LogP contribution is 2.32. The van der Waals surface area contributed by atoms with Crippen LogP contribution in [-0.2, 0) is 11.3 Å². The van der Waals surface area contributed by atoms with Gasteiger partial charge in [-0.05, 0) is 47.7 Å². The first-order valence-corrected chi connectivity index (χ1v) is 7.72. The first-order chi connectivity index (χ1) is 8.75. The molecule has 18 heavy (non-hydrogen) atoms. The van der Waals surface area contributed by atoms with Crippen molar-refractivity contribution >= 4 is 17.2 Å². The second-order valence-electron chi connectivity index (χ2n) is 5.57. The lowest BCUT2D eigenvalue weighted by atomic mass is 9.96. The number of nitrogens with zero attached hydrogens (tertiary/aromatic N) is 1. The van der Waals surface area contributed by atoms with Gasteiger partial charge in [-0.2, -0.15) is 11.3 Å². The number of hydrogen-bond acceptors (Lipinski definition) is 3. The lowest BCUT2D eigenvalue weighted by Gasteiger charge is -2.26. The van der Waals surface area contributed by atoms with Crippen molar-refractivity contribution in [2.75, 3.05) is 13.1 Å². The molecule has 0 radical (unpaired) electrons. The summed E-state index contributed by atoms with van der Waals surface area (Å²) in [6.45, 7) is 4.81. The molecule has 3 rings (SSSR count). The van der Waals surface area contributed by atoms with E-state index < -0.39 is 0 Å². The van der Waals surface area contributed by atoms with Crippen molar-refractivity contribution in [3.05, 3.63) is 22.4 Å². The lowest BCUT2D eigenvalue weighted by Crippen LogP contribution is -2.39. The Morgan fingerprint density at radius 2 is 2.33 bits per heavy atom. The number of rotatable bonds is 4. The van der Waals surface area contributed by atoms with Gasteiger partial charge < -0.3 is 10.2 Å². The third-order valence-corrected chi connectivity index (χ3v) is 4.77. The molecule has 1 aromatic heterocycles. The van der Waals surface area contributed by atoms with Gasteiger partial charge in [0.15, 0.2) is 0 Å². The third kappa shape index (κ3) is 2.45. The SMILES string of the molecule is C[C@@H]1CNC[C@H]1C(=O)N(Cc1ccsc1)C1CC1. The van der Waals surface area contributed by atoms with E-state index >= 15 is 0 Å². The number of carbonyl (C=O) groups is 1. The average molecular weight is 264 g/mol. The molecular formula is C14H20N2OS. The number of hydrogen-bond donors (Lipinski definition) is 1. The van der Waals surface area contributed by atoms with E-state index in [1.807, 2.05) is 0 Å². The molecule has 0 aromatic carbocycles. The molecule has 3 nitrogen and oxygen atoms in total. The standard InChI is InChI=1S/C14H20N2OS/c1-10-6-15-7-13(10)14(17)16(12-2-3-12)8-11-4-5-18-9-11/h4-5,9-10,12-13,15H,2-3,6-8H2,1H3/t10-,13-/m1/s1. The highest BCUT2D eigenvalue weighted by molar-refractivity contribution is 7.07. The van der Waals surface area contributed by atoms with E-state index in [4.69, 9.17) is 0 Å². The maximum Gasteiger partial charge on any atom is 0.227 e. The van der Waals surface area contributed by atoms with Gasteiger partial charge in [0.2, 0.25) is 5.91 Å². The maximum absolute atomic E-state index is 12.7. The minimum Gasteiger partial charge on any atom is -0.335 e. The third-order valence-electron chi connectivity index (χ3n) is 4.04. The van der Waals surface area contributed by atoms with Crippen molar-refractivity contribution in [1.82, 2.24) is 10.2 Å². The molecule has 98 valence electrons. The first-order valence-electron chi connectivity index (χ1n) is 6.78. The summed E-state index contributed by atoms with van der Waals surface area (Å²) in [4.78, 5) is 14.8. The zero-order valence-electron chi connectivity index (χ0n) is 10.8. The molecule has 1 saturated heterocycles. The van der Waals surface area contributed by atoms with Crippen LogP contribution in [0.3, 0.4) is 0 Å². The fourth-order valence-electron chi connectivity index (χ4n) is 2.71. The molecule has 1 aliphatic carbocycles. The van der Waals surface area contributed by atoms with Crippen molar-refractivity contribution in [3.63, 3.8) is 0 Å². The highest BCUT2D eigenvalue weighted by atomic mass is 32.1. The Hall–Kier alpha value is -0.870. The van der Waals surface area contributed by atoms with Gasteiger partial charge in [-0.25, -0.2) is 0 Å². The first kappa shape index (κ1) is 12.2. The average Bonchev–Trinajstić information content (AvgIpc) is 2.89. The number of nitrogens with one attached hydrogen (secondary N) is 1. The van der Waals surface area contributed by atoms with Crippen LogP contribution in [0.4, 0.5) is 0 Å². The predicted octanol–water partition coefficient (Wildman–Crippen LogP) is 2.09. The molecule has 0 unspecified atom stereocenters. The Labute approximate surface area is 112 Å². The summed E-state index contributed by atoms with van der Waals surface area (Å²) in [5.41, 5.74) is 1.28. The Morgan fingerprint density at radius 1 is 1.50 bits per heavy atom. The van der Waals surface area contributed by atoms with Crippen molar-refractivity contribution in [1.29, 1.82) is 0 Å². The smallest absolute Gasteiger partial charge is 0.227 e. The van der Waals surface area contributed by atoms with E-state index in [1.54, 1.807) is 11.3 Å². The van der Waals surface area contributed by atoms with Crippen LogP contribution in [0.25, 0.3) is 0 Å². The van der Waals surface area contributed by atoms with Crippen LogP contribution in [0.5, 0.6) is 0 Å². The van der Waals surface area contributed by atoms with Crippen LogP contribution in [-0.4, -0.2) is 29.9 Å². The minimum atomic E-state index is 0.184. The van der Waals surface area contributed by atoms with Gasteiger partial charge in [0.1, 0.15) is 0 Å². The van der Waals surface area contributed by atoms with Crippen LogP contribution >= 0.6 is 11.3 Å². The van der Waals surface area contributed by atoms with E-state index in [-0.39, 0.29) is 5.92 Å². The number of thiophene rings is 1. The van der Waals surface area contributed by atoms with Crippen molar-refractivity contribution in [2.24, 2.45) is 11.8 Å².